The Hall–Kier alpha value is -2.07. The maximum atomic E-state index is 12.1. The number of benzene rings is 1. The van der Waals surface area contributed by atoms with Crippen LogP contribution in [0.15, 0.2) is 36.7 Å². The van der Waals surface area contributed by atoms with Crippen LogP contribution in [0.5, 0.6) is 0 Å². The number of hydrogen-bond acceptors (Lipinski definition) is 3. The third-order valence-electron chi connectivity index (χ3n) is 2.76. The average molecular weight is 291 g/mol. The van der Waals surface area contributed by atoms with Gasteiger partial charge in [0.25, 0.3) is 0 Å². The normalized spacial score (nSPS) is 11.4. The molecule has 20 heavy (non-hydrogen) atoms. The first-order valence-corrected chi connectivity index (χ1v) is 6.62. The summed E-state index contributed by atoms with van der Waals surface area (Å²) in [6, 6.07) is 7.31. The lowest BCUT2D eigenvalue weighted by Gasteiger charge is -2.08. The summed E-state index contributed by atoms with van der Waals surface area (Å²) in [6.45, 7) is 2.08. The second kappa shape index (κ2) is 6.39. The van der Waals surface area contributed by atoms with Gasteiger partial charge in [0.15, 0.2) is 0 Å². The molecule has 0 saturated heterocycles. The minimum atomic E-state index is -0.415. The number of rotatable bonds is 4. The molecule has 0 atom stereocenters. The highest BCUT2D eigenvalue weighted by molar-refractivity contribution is 6.33. The minimum absolute atomic E-state index is 0.309. The van der Waals surface area contributed by atoms with Crippen LogP contribution in [0.1, 0.15) is 18.3 Å². The van der Waals surface area contributed by atoms with Crippen LogP contribution in [0, 0.1) is 0 Å². The summed E-state index contributed by atoms with van der Waals surface area (Å²) < 4.78 is 6.85. The molecule has 5 heteroatoms. The molecule has 0 bridgehead atoms. The Morgan fingerprint density at radius 1 is 1.45 bits per heavy atom. The number of halogens is 1. The van der Waals surface area contributed by atoms with Crippen LogP contribution in [-0.2, 0) is 16.6 Å². The number of aromatic nitrogens is 2. The Kier molecular flexibility index (Phi) is 4.58. The van der Waals surface area contributed by atoms with Crippen molar-refractivity contribution < 1.29 is 9.53 Å². The second-order valence-electron chi connectivity index (χ2n) is 4.16. The summed E-state index contributed by atoms with van der Waals surface area (Å²) in [5.41, 5.74) is 1.13. The molecule has 0 fully saturated rings. The van der Waals surface area contributed by atoms with E-state index in [-0.39, 0.29) is 0 Å². The number of nitrogens with zero attached hydrogens (tertiary/aromatic N) is 2. The molecule has 1 heterocycles. The minimum Gasteiger partial charge on any atom is -0.462 e. The quantitative estimate of drug-likeness (QED) is 0.642. The fraction of sp³-hybridized carbons (Fsp3) is 0.200. The summed E-state index contributed by atoms with van der Waals surface area (Å²) in [6.07, 6.45) is 5.10. The number of imidazole rings is 1. The standard InChI is InChI=1S/C15H15ClN2O2/c1-3-20-15(19)12(14-17-8-9-18(14)2)10-11-6-4-5-7-13(11)16/h4-10H,3H2,1-2H3. The van der Waals surface area contributed by atoms with Crippen molar-refractivity contribution in [2.24, 2.45) is 7.05 Å². The van der Waals surface area contributed by atoms with Gasteiger partial charge >= 0.3 is 5.97 Å². The largest absolute Gasteiger partial charge is 0.462 e. The van der Waals surface area contributed by atoms with E-state index in [9.17, 15) is 4.79 Å². The van der Waals surface area contributed by atoms with Crippen molar-refractivity contribution in [2.45, 2.75) is 6.92 Å². The Labute approximate surface area is 122 Å². The zero-order valence-electron chi connectivity index (χ0n) is 11.3. The zero-order valence-corrected chi connectivity index (χ0v) is 12.1. The predicted octanol–water partition coefficient (Wildman–Crippen LogP) is 3.18. The maximum Gasteiger partial charge on any atom is 0.341 e. The number of esters is 1. The Morgan fingerprint density at radius 2 is 2.20 bits per heavy atom. The van der Waals surface area contributed by atoms with Crippen molar-refractivity contribution >= 4 is 29.2 Å². The lowest BCUT2D eigenvalue weighted by Crippen LogP contribution is -2.10. The lowest BCUT2D eigenvalue weighted by atomic mass is 10.1. The van der Waals surface area contributed by atoms with Crippen LogP contribution in [0.25, 0.3) is 11.6 Å². The summed E-state index contributed by atoms with van der Waals surface area (Å²) >= 11 is 6.13. The molecular formula is C15H15ClN2O2. The molecule has 2 rings (SSSR count). The molecule has 104 valence electrons. The highest BCUT2D eigenvalue weighted by atomic mass is 35.5. The van der Waals surface area contributed by atoms with E-state index in [1.807, 2.05) is 25.2 Å². The van der Waals surface area contributed by atoms with Crippen LogP contribution in [-0.4, -0.2) is 22.1 Å². The van der Waals surface area contributed by atoms with Crippen LogP contribution >= 0.6 is 11.6 Å². The number of hydrogen-bond donors (Lipinski definition) is 0. The molecule has 2 aromatic rings. The van der Waals surface area contributed by atoms with Gasteiger partial charge in [0.2, 0.25) is 0 Å². The van der Waals surface area contributed by atoms with Gasteiger partial charge in [-0.1, -0.05) is 29.8 Å². The molecule has 0 aliphatic rings. The first-order valence-electron chi connectivity index (χ1n) is 6.24. The van der Waals surface area contributed by atoms with Crippen LogP contribution < -0.4 is 0 Å². The first kappa shape index (κ1) is 14.3. The Balaban J connectivity index is 2.50. The third kappa shape index (κ3) is 3.08. The van der Waals surface area contributed by atoms with Crippen molar-refractivity contribution in [3.8, 4) is 0 Å². The average Bonchev–Trinajstić information content (AvgIpc) is 2.84. The molecule has 4 nitrogen and oxygen atoms in total. The van der Waals surface area contributed by atoms with Gasteiger partial charge in [0.05, 0.1) is 6.61 Å². The third-order valence-corrected chi connectivity index (χ3v) is 3.11. The van der Waals surface area contributed by atoms with Crippen LogP contribution in [0.2, 0.25) is 5.02 Å². The molecular weight excluding hydrogens is 276 g/mol. The lowest BCUT2D eigenvalue weighted by molar-refractivity contribution is -0.136. The SMILES string of the molecule is CCOC(=O)C(=Cc1ccccc1Cl)c1nccn1C. The molecule has 0 amide bonds. The zero-order chi connectivity index (χ0) is 14.5. The molecule has 0 unspecified atom stereocenters. The molecule has 1 aromatic heterocycles. The molecule has 0 spiro atoms. The van der Waals surface area contributed by atoms with Gasteiger partial charge in [0.1, 0.15) is 11.4 Å². The van der Waals surface area contributed by atoms with Gasteiger partial charge in [-0.2, -0.15) is 0 Å². The van der Waals surface area contributed by atoms with Gasteiger partial charge in [-0.25, -0.2) is 9.78 Å². The first-order chi connectivity index (χ1) is 9.63. The van der Waals surface area contributed by atoms with E-state index in [0.29, 0.717) is 23.0 Å². The summed E-state index contributed by atoms with van der Waals surface area (Å²) in [7, 11) is 1.82. The second-order valence-corrected chi connectivity index (χ2v) is 4.57. The Bertz CT molecular complexity index is 647. The van der Waals surface area contributed by atoms with Gasteiger partial charge in [-0.3, -0.25) is 0 Å². The van der Waals surface area contributed by atoms with E-state index in [2.05, 4.69) is 4.98 Å². The van der Waals surface area contributed by atoms with Crippen molar-refractivity contribution in [2.75, 3.05) is 6.61 Å². The molecule has 0 radical (unpaired) electrons. The number of carbonyl (C=O) groups excluding carboxylic acids is 1. The summed E-state index contributed by atoms with van der Waals surface area (Å²) in [4.78, 5) is 16.3. The summed E-state index contributed by atoms with van der Waals surface area (Å²) in [5.74, 6) is 0.130. The van der Waals surface area contributed by atoms with Gasteiger partial charge in [-0.05, 0) is 24.6 Å². The van der Waals surface area contributed by atoms with Crippen molar-refractivity contribution in [1.29, 1.82) is 0 Å². The highest BCUT2D eigenvalue weighted by Crippen LogP contribution is 2.23. The van der Waals surface area contributed by atoms with Gasteiger partial charge < -0.3 is 9.30 Å². The smallest absolute Gasteiger partial charge is 0.341 e. The topological polar surface area (TPSA) is 44.1 Å². The van der Waals surface area contributed by atoms with Crippen molar-refractivity contribution in [1.82, 2.24) is 9.55 Å². The fourth-order valence-electron chi connectivity index (χ4n) is 1.80. The molecule has 0 aliphatic carbocycles. The number of ether oxygens (including phenoxy) is 1. The van der Waals surface area contributed by atoms with E-state index in [4.69, 9.17) is 16.3 Å². The van der Waals surface area contributed by atoms with Crippen LogP contribution in [0.3, 0.4) is 0 Å². The predicted molar refractivity (Wildman–Crippen MR) is 79.2 cm³/mol. The van der Waals surface area contributed by atoms with E-state index >= 15 is 0 Å². The molecule has 0 aliphatic heterocycles. The monoisotopic (exact) mass is 290 g/mol. The summed E-state index contributed by atoms with van der Waals surface area (Å²) in [5, 5.41) is 0.573. The molecule has 0 N–H and O–H groups in total. The molecule has 1 aromatic carbocycles. The maximum absolute atomic E-state index is 12.1. The van der Waals surface area contributed by atoms with E-state index < -0.39 is 5.97 Å². The van der Waals surface area contributed by atoms with Crippen molar-refractivity contribution in [3.05, 3.63) is 53.1 Å². The van der Waals surface area contributed by atoms with Crippen LogP contribution in [0.4, 0.5) is 0 Å². The number of aryl methyl sites for hydroxylation is 1. The van der Waals surface area contributed by atoms with E-state index in [1.54, 1.807) is 36.0 Å². The number of carbonyl (C=O) groups is 1. The van der Waals surface area contributed by atoms with Gasteiger partial charge in [-0.15, -0.1) is 0 Å². The van der Waals surface area contributed by atoms with E-state index in [1.165, 1.54) is 0 Å². The molecule has 0 saturated carbocycles. The van der Waals surface area contributed by atoms with E-state index in [0.717, 1.165) is 5.56 Å². The van der Waals surface area contributed by atoms with Gasteiger partial charge in [0, 0.05) is 24.5 Å². The highest BCUT2D eigenvalue weighted by Gasteiger charge is 2.17. The van der Waals surface area contributed by atoms with Crippen molar-refractivity contribution in [3.63, 3.8) is 0 Å². The Morgan fingerprint density at radius 3 is 2.80 bits per heavy atom. The fourth-order valence-corrected chi connectivity index (χ4v) is 1.99.